The van der Waals surface area contributed by atoms with Crippen molar-refractivity contribution in [1.82, 2.24) is 16.0 Å². The molecule has 0 aromatic rings. The number of aliphatic imine (C=N–C) groups is 1. The average Bonchev–Trinajstić information content (AvgIpc) is 2.57. The van der Waals surface area contributed by atoms with Gasteiger partial charge in [0.15, 0.2) is 5.96 Å². The highest BCUT2D eigenvalue weighted by atomic mass is 16.2. The SMILES string of the molecule is C[C@H](NC(=O)[C@H](N)CCCN=C(N)N)C(=O)N[C@@H](C)C(=O)N[C@@H](C)C=O. The third-order valence-corrected chi connectivity index (χ3v) is 3.38. The molecule has 0 saturated carbocycles. The topological polar surface area (TPSA) is 195 Å². The lowest BCUT2D eigenvalue weighted by molar-refractivity contribution is -0.132. The summed E-state index contributed by atoms with van der Waals surface area (Å²) in [6.45, 7) is 4.80. The maximum absolute atomic E-state index is 12.0. The average molecular weight is 371 g/mol. The molecule has 0 aliphatic carbocycles. The second-order valence-electron chi connectivity index (χ2n) is 5.95. The van der Waals surface area contributed by atoms with E-state index in [9.17, 15) is 19.2 Å². The Balaban J connectivity index is 4.34. The molecular weight excluding hydrogens is 342 g/mol. The molecule has 0 saturated heterocycles. The van der Waals surface area contributed by atoms with Crippen LogP contribution in [0.15, 0.2) is 4.99 Å². The number of rotatable bonds is 11. The van der Waals surface area contributed by atoms with Gasteiger partial charge in [-0.15, -0.1) is 0 Å². The fourth-order valence-electron chi connectivity index (χ4n) is 1.82. The maximum Gasteiger partial charge on any atom is 0.242 e. The normalized spacial score (nSPS) is 14.9. The van der Waals surface area contributed by atoms with Crippen LogP contribution in [-0.4, -0.2) is 60.7 Å². The van der Waals surface area contributed by atoms with Gasteiger partial charge in [-0.1, -0.05) is 0 Å². The van der Waals surface area contributed by atoms with E-state index in [1.165, 1.54) is 20.8 Å². The molecule has 11 nitrogen and oxygen atoms in total. The van der Waals surface area contributed by atoms with Gasteiger partial charge in [0, 0.05) is 6.54 Å². The van der Waals surface area contributed by atoms with Crippen LogP contribution < -0.4 is 33.2 Å². The van der Waals surface area contributed by atoms with E-state index in [1.807, 2.05) is 0 Å². The van der Waals surface area contributed by atoms with Crippen LogP contribution in [-0.2, 0) is 19.2 Å². The van der Waals surface area contributed by atoms with Crippen LogP contribution in [0.3, 0.4) is 0 Å². The number of hydrogen-bond acceptors (Lipinski definition) is 6. The summed E-state index contributed by atoms with van der Waals surface area (Å²) in [6, 6.07) is -3.22. The first kappa shape index (κ1) is 23.3. The van der Waals surface area contributed by atoms with E-state index in [-0.39, 0.29) is 5.96 Å². The Morgan fingerprint density at radius 3 is 1.96 bits per heavy atom. The van der Waals surface area contributed by atoms with Crippen molar-refractivity contribution in [3.8, 4) is 0 Å². The van der Waals surface area contributed by atoms with Gasteiger partial charge >= 0.3 is 0 Å². The van der Waals surface area contributed by atoms with Gasteiger partial charge in [-0.2, -0.15) is 0 Å². The van der Waals surface area contributed by atoms with E-state index < -0.39 is 41.9 Å². The maximum atomic E-state index is 12.0. The van der Waals surface area contributed by atoms with Crippen LogP contribution in [0.25, 0.3) is 0 Å². The zero-order valence-electron chi connectivity index (χ0n) is 15.3. The molecule has 148 valence electrons. The highest BCUT2D eigenvalue weighted by Crippen LogP contribution is 1.97. The van der Waals surface area contributed by atoms with Gasteiger partial charge < -0.3 is 37.9 Å². The number of nitrogens with two attached hydrogens (primary N) is 3. The lowest BCUT2D eigenvalue weighted by Crippen LogP contribution is -2.54. The molecule has 11 heteroatoms. The van der Waals surface area contributed by atoms with Crippen molar-refractivity contribution in [2.24, 2.45) is 22.2 Å². The van der Waals surface area contributed by atoms with Gasteiger partial charge in [0.05, 0.1) is 12.1 Å². The predicted octanol–water partition coefficient (Wildman–Crippen LogP) is -2.92. The summed E-state index contributed by atoms with van der Waals surface area (Å²) < 4.78 is 0. The summed E-state index contributed by atoms with van der Waals surface area (Å²) in [6.07, 6.45) is 1.43. The van der Waals surface area contributed by atoms with Gasteiger partial charge in [-0.25, -0.2) is 0 Å². The number of nitrogens with zero attached hydrogens (tertiary/aromatic N) is 1. The Labute approximate surface area is 152 Å². The minimum Gasteiger partial charge on any atom is -0.370 e. The van der Waals surface area contributed by atoms with Crippen molar-refractivity contribution < 1.29 is 19.2 Å². The molecule has 0 bridgehead atoms. The summed E-state index contributed by atoms with van der Waals surface area (Å²) in [7, 11) is 0. The Morgan fingerprint density at radius 1 is 0.962 bits per heavy atom. The molecule has 26 heavy (non-hydrogen) atoms. The predicted molar refractivity (Wildman–Crippen MR) is 96.8 cm³/mol. The summed E-state index contributed by atoms with van der Waals surface area (Å²) in [5.74, 6) is -1.58. The van der Waals surface area contributed by atoms with Crippen molar-refractivity contribution in [3.63, 3.8) is 0 Å². The molecule has 9 N–H and O–H groups in total. The van der Waals surface area contributed by atoms with E-state index in [1.54, 1.807) is 0 Å². The molecule has 0 aromatic heterocycles. The van der Waals surface area contributed by atoms with Crippen LogP contribution in [0, 0.1) is 0 Å². The lowest BCUT2D eigenvalue weighted by atomic mass is 10.1. The van der Waals surface area contributed by atoms with Gasteiger partial charge in [-0.3, -0.25) is 19.4 Å². The molecule has 4 atom stereocenters. The Bertz CT molecular complexity index is 534. The summed E-state index contributed by atoms with van der Waals surface area (Å²) >= 11 is 0. The van der Waals surface area contributed by atoms with E-state index in [4.69, 9.17) is 17.2 Å². The highest BCUT2D eigenvalue weighted by molar-refractivity contribution is 5.93. The zero-order valence-corrected chi connectivity index (χ0v) is 15.3. The van der Waals surface area contributed by atoms with E-state index in [0.717, 1.165) is 0 Å². The first-order valence-electron chi connectivity index (χ1n) is 8.25. The van der Waals surface area contributed by atoms with Crippen molar-refractivity contribution >= 4 is 30.0 Å². The molecule has 0 spiro atoms. The highest BCUT2D eigenvalue weighted by Gasteiger charge is 2.23. The molecule has 0 rings (SSSR count). The molecule has 0 aliphatic rings. The number of carbonyl (C=O) groups excluding carboxylic acids is 4. The number of hydrogen-bond donors (Lipinski definition) is 6. The monoisotopic (exact) mass is 371 g/mol. The summed E-state index contributed by atoms with van der Waals surface area (Å²) in [4.78, 5) is 50.1. The van der Waals surface area contributed by atoms with Crippen LogP contribution in [0.1, 0.15) is 33.6 Å². The number of amides is 3. The second kappa shape index (κ2) is 11.8. The van der Waals surface area contributed by atoms with Gasteiger partial charge in [0.1, 0.15) is 18.4 Å². The van der Waals surface area contributed by atoms with Gasteiger partial charge in [0.2, 0.25) is 17.7 Å². The Hall–Kier alpha value is -2.69. The zero-order chi connectivity index (χ0) is 20.3. The number of guanidine groups is 1. The van der Waals surface area contributed by atoms with Gasteiger partial charge in [-0.05, 0) is 33.6 Å². The van der Waals surface area contributed by atoms with E-state index in [0.29, 0.717) is 25.7 Å². The molecule has 0 heterocycles. The van der Waals surface area contributed by atoms with Crippen molar-refractivity contribution in [2.45, 2.75) is 57.8 Å². The summed E-state index contributed by atoms with van der Waals surface area (Å²) in [5.41, 5.74) is 16.1. The molecule has 3 amide bonds. The first-order chi connectivity index (χ1) is 12.1. The largest absolute Gasteiger partial charge is 0.370 e. The van der Waals surface area contributed by atoms with Gasteiger partial charge in [0.25, 0.3) is 0 Å². The van der Waals surface area contributed by atoms with Crippen LogP contribution >= 0.6 is 0 Å². The molecule has 0 fully saturated rings. The molecule has 0 radical (unpaired) electrons. The standard InChI is InChI=1S/C15H29N7O4/c1-8(7-23)20-12(24)9(2)21-13(25)10(3)22-14(26)11(16)5-4-6-19-15(17)18/h7-11H,4-6,16H2,1-3H3,(H,20,24)(H,21,25)(H,22,26)(H4,17,18,19)/t8-,9-,10-,11+/m0/s1. The molecule has 0 aromatic carbocycles. The molecule has 0 aliphatic heterocycles. The lowest BCUT2D eigenvalue weighted by Gasteiger charge is -2.20. The third kappa shape index (κ3) is 9.57. The first-order valence-corrected chi connectivity index (χ1v) is 8.25. The Morgan fingerprint density at radius 2 is 1.46 bits per heavy atom. The molecule has 0 unspecified atom stereocenters. The second-order valence-corrected chi connectivity index (χ2v) is 5.95. The smallest absolute Gasteiger partial charge is 0.242 e. The van der Waals surface area contributed by atoms with Crippen LogP contribution in [0.5, 0.6) is 0 Å². The Kier molecular flexibility index (Phi) is 10.6. The summed E-state index contributed by atoms with van der Waals surface area (Å²) in [5, 5.41) is 7.34. The third-order valence-electron chi connectivity index (χ3n) is 3.38. The van der Waals surface area contributed by atoms with Crippen molar-refractivity contribution in [1.29, 1.82) is 0 Å². The number of aldehydes is 1. The number of carbonyl (C=O) groups is 4. The van der Waals surface area contributed by atoms with E-state index in [2.05, 4.69) is 20.9 Å². The quantitative estimate of drug-likeness (QED) is 0.0968. The fraction of sp³-hybridized carbons (Fsp3) is 0.667. The van der Waals surface area contributed by atoms with Crippen molar-refractivity contribution in [3.05, 3.63) is 0 Å². The minimum absolute atomic E-state index is 0.0333. The fourth-order valence-corrected chi connectivity index (χ4v) is 1.82. The molecular formula is C15H29N7O4. The van der Waals surface area contributed by atoms with Crippen LogP contribution in [0.2, 0.25) is 0 Å². The van der Waals surface area contributed by atoms with Crippen molar-refractivity contribution in [2.75, 3.05) is 6.54 Å². The number of nitrogens with one attached hydrogen (secondary N) is 3. The minimum atomic E-state index is -0.884. The van der Waals surface area contributed by atoms with E-state index >= 15 is 0 Å². The van der Waals surface area contributed by atoms with Crippen LogP contribution in [0.4, 0.5) is 0 Å².